The van der Waals surface area contributed by atoms with Crippen LogP contribution in [0.2, 0.25) is 0 Å². The van der Waals surface area contributed by atoms with Crippen molar-refractivity contribution in [1.82, 2.24) is 10.6 Å². The Morgan fingerprint density at radius 2 is 2.25 bits per heavy atom. The van der Waals surface area contributed by atoms with Gasteiger partial charge in [0.15, 0.2) is 6.61 Å². The second-order valence-electron chi connectivity index (χ2n) is 4.84. The number of nitrogens with one attached hydrogen (secondary N) is 2. The Morgan fingerprint density at radius 3 is 3.00 bits per heavy atom. The number of hydrogen-bond donors (Lipinski definition) is 2. The van der Waals surface area contributed by atoms with Crippen LogP contribution in [0, 0.1) is 0 Å². The average molecular weight is 274 g/mol. The molecule has 0 bridgehead atoms. The number of benzene rings is 1. The van der Waals surface area contributed by atoms with Crippen LogP contribution in [0.1, 0.15) is 18.9 Å². The van der Waals surface area contributed by atoms with Crippen molar-refractivity contribution < 1.29 is 9.53 Å². The minimum absolute atomic E-state index is 0.0720. The Kier molecular flexibility index (Phi) is 5.62. The molecule has 0 saturated heterocycles. The van der Waals surface area contributed by atoms with Gasteiger partial charge in [-0.3, -0.25) is 4.79 Å². The number of carbonyl (C=O) groups excluding carboxylic acids is 1. The molecule has 2 N–H and O–H groups in total. The van der Waals surface area contributed by atoms with Crippen molar-refractivity contribution in [2.75, 3.05) is 26.2 Å². The fourth-order valence-corrected chi connectivity index (χ4v) is 2.17. The molecule has 108 valence electrons. The highest BCUT2D eigenvalue weighted by molar-refractivity contribution is 5.77. The van der Waals surface area contributed by atoms with E-state index >= 15 is 0 Å². The summed E-state index contributed by atoms with van der Waals surface area (Å²) < 4.78 is 5.59. The minimum atomic E-state index is -0.0738. The lowest BCUT2D eigenvalue weighted by Crippen LogP contribution is -2.32. The van der Waals surface area contributed by atoms with E-state index in [9.17, 15) is 4.79 Å². The topological polar surface area (TPSA) is 50.4 Å². The van der Waals surface area contributed by atoms with E-state index in [2.05, 4.69) is 23.6 Å². The third kappa shape index (κ3) is 4.38. The first-order valence-electron chi connectivity index (χ1n) is 7.15. The van der Waals surface area contributed by atoms with E-state index in [4.69, 9.17) is 4.74 Å². The zero-order valence-electron chi connectivity index (χ0n) is 11.9. The highest BCUT2D eigenvalue weighted by Gasteiger charge is 2.07. The highest BCUT2D eigenvalue weighted by Crippen LogP contribution is 2.17. The van der Waals surface area contributed by atoms with Gasteiger partial charge < -0.3 is 15.4 Å². The molecule has 0 unspecified atom stereocenters. The molecule has 0 fully saturated rings. The molecule has 20 heavy (non-hydrogen) atoms. The SMILES string of the molecule is CCc1ccccc1OCC(=O)NCC1=CCNCC1. The predicted molar refractivity (Wildman–Crippen MR) is 79.9 cm³/mol. The Morgan fingerprint density at radius 1 is 1.40 bits per heavy atom. The zero-order valence-corrected chi connectivity index (χ0v) is 11.9. The molecule has 1 heterocycles. The summed E-state index contributed by atoms with van der Waals surface area (Å²) in [4.78, 5) is 11.8. The summed E-state index contributed by atoms with van der Waals surface area (Å²) in [6.45, 7) is 4.65. The van der Waals surface area contributed by atoms with Crippen LogP contribution in [0.25, 0.3) is 0 Å². The van der Waals surface area contributed by atoms with E-state index in [0.29, 0.717) is 6.54 Å². The van der Waals surface area contributed by atoms with Gasteiger partial charge in [0.1, 0.15) is 5.75 Å². The van der Waals surface area contributed by atoms with Gasteiger partial charge in [0, 0.05) is 13.1 Å². The summed E-state index contributed by atoms with van der Waals surface area (Å²) in [5, 5.41) is 6.15. The van der Waals surface area contributed by atoms with Crippen molar-refractivity contribution in [2.24, 2.45) is 0 Å². The van der Waals surface area contributed by atoms with Gasteiger partial charge in [-0.25, -0.2) is 0 Å². The van der Waals surface area contributed by atoms with Crippen molar-refractivity contribution in [2.45, 2.75) is 19.8 Å². The van der Waals surface area contributed by atoms with E-state index in [1.807, 2.05) is 24.3 Å². The molecule has 2 rings (SSSR count). The molecule has 1 aliphatic heterocycles. The number of carbonyl (C=O) groups is 1. The summed E-state index contributed by atoms with van der Waals surface area (Å²) in [6, 6.07) is 7.83. The van der Waals surface area contributed by atoms with Crippen LogP contribution >= 0.6 is 0 Å². The third-order valence-electron chi connectivity index (χ3n) is 3.38. The van der Waals surface area contributed by atoms with Gasteiger partial charge in [-0.15, -0.1) is 0 Å². The number of ether oxygens (including phenoxy) is 1. The van der Waals surface area contributed by atoms with Gasteiger partial charge in [-0.2, -0.15) is 0 Å². The summed E-state index contributed by atoms with van der Waals surface area (Å²) in [5.41, 5.74) is 2.41. The number of amides is 1. The second kappa shape index (κ2) is 7.70. The van der Waals surface area contributed by atoms with Crippen LogP contribution in [0.3, 0.4) is 0 Å². The first-order chi connectivity index (χ1) is 9.79. The van der Waals surface area contributed by atoms with Crippen molar-refractivity contribution in [3.05, 3.63) is 41.5 Å². The van der Waals surface area contributed by atoms with Gasteiger partial charge in [-0.05, 0) is 31.0 Å². The number of rotatable bonds is 6. The molecular formula is C16H22N2O2. The maximum atomic E-state index is 11.8. The van der Waals surface area contributed by atoms with Crippen molar-refractivity contribution >= 4 is 5.91 Å². The van der Waals surface area contributed by atoms with Crippen LogP contribution in [-0.4, -0.2) is 32.1 Å². The molecule has 1 aromatic rings. The summed E-state index contributed by atoms with van der Waals surface area (Å²) in [7, 11) is 0. The van der Waals surface area contributed by atoms with Crippen LogP contribution in [0.5, 0.6) is 5.75 Å². The van der Waals surface area contributed by atoms with Crippen molar-refractivity contribution in [3.63, 3.8) is 0 Å². The maximum absolute atomic E-state index is 11.8. The lowest BCUT2D eigenvalue weighted by molar-refractivity contribution is -0.122. The Balaban J connectivity index is 1.76. The van der Waals surface area contributed by atoms with Crippen LogP contribution in [-0.2, 0) is 11.2 Å². The van der Waals surface area contributed by atoms with Gasteiger partial charge in [0.2, 0.25) is 0 Å². The van der Waals surface area contributed by atoms with Gasteiger partial charge in [0.05, 0.1) is 0 Å². The van der Waals surface area contributed by atoms with Gasteiger partial charge >= 0.3 is 0 Å². The molecule has 0 spiro atoms. The molecule has 0 aliphatic carbocycles. The first kappa shape index (κ1) is 14.6. The molecular weight excluding hydrogens is 252 g/mol. The third-order valence-corrected chi connectivity index (χ3v) is 3.38. The van der Waals surface area contributed by atoms with Crippen LogP contribution in [0.15, 0.2) is 35.9 Å². The van der Waals surface area contributed by atoms with Crippen LogP contribution < -0.4 is 15.4 Å². The fraction of sp³-hybridized carbons (Fsp3) is 0.438. The van der Waals surface area contributed by atoms with E-state index in [1.54, 1.807) is 0 Å². The monoisotopic (exact) mass is 274 g/mol. The predicted octanol–water partition coefficient (Wildman–Crippen LogP) is 1.66. The second-order valence-corrected chi connectivity index (χ2v) is 4.84. The zero-order chi connectivity index (χ0) is 14.2. The largest absolute Gasteiger partial charge is 0.483 e. The Hall–Kier alpha value is -1.81. The quantitative estimate of drug-likeness (QED) is 0.776. The summed E-state index contributed by atoms with van der Waals surface area (Å²) in [6.07, 6.45) is 4.04. The average Bonchev–Trinajstić information content (AvgIpc) is 2.52. The van der Waals surface area contributed by atoms with Crippen LogP contribution in [0.4, 0.5) is 0 Å². The Labute approximate surface area is 120 Å². The molecule has 0 saturated carbocycles. The fourth-order valence-electron chi connectivity index (χ4n) is 2.17. The molecule has 4 heteroatoms. The normalized spacial score (nSPS) is 14.6. The van der Waals surface area contributed by atoms with E-state index in [0.717, 1.165) is 37.2 Å². The van der Waals surface area contributed by atoms with E-state index < -0.39 is 0 Å². The summed E-state index contributed by atoms with van der Waals surface area (Å²) >= 11 is 0. The van der Waals surface area contributed by atoms with Crippen molar-refractivity contribution in [3.8, 4) is 5.75 Å². The smallest absolute Gasteiger partial charge is 0.258 e. The molecule has 1 aliphatic rings. The summed E-state index contributed by atoms with van der Waals surface area (Å²) in [5.74, 6) is 0.724. The maximum Gasteiger partial charge on any atom is 0.258 e. The van der Waals surface area contributed by atoms with Crippen molar-refractivity contribution in [1.29, 1.82) is 0 Å². The number of aryl methyl sites for hydroxylation is 1. The van der Waals surface area contributed by atoms with Gasteiger partial charge in [-0.1, -0.05) is 36.8 Å². The number of para-hydroxylation sites is 1. The van der Waals surface area contributed by atoms with Gasteiger partial charge in [0.25, 0.3) is 5.91 Å². The lowest BCUT2D eigenvalue weighted by Gasteiger charge is -2.15. The molecule has 0 aromatic heterocycles. The standard InChI is InChI=1S/C16H22N2O2/c1-2-14-5-3-4-6-15(14)20-12-16(19)18-11-13-7-9-17-10-8-13/h3-7,17H,2,8-12H2,1H3,(H,18,19). The highest BCUT2D eigenvalue weighted by atomic mass is 16.5. The molecule has 4 nitrogen and oxygen atoms in total. The molecule has 0 atom stereocenters. The molecule has 1 aromatic carbocycles. The number of hydrogen-bond acceptors (Lipinski definition) is 3. The molecule has 1 amide bonds. The van der Waals surface area contributed by atoms with E-state index in [-0.39, 0.29) is 12.5 Å². The molecule has 0 radical (unpaired) electrons. The minimum Gasteiger partial charge on any atom is -0.483 e. The van der Waals surface area contributed by atoms with E-state index in [1.165, 1.54) is 5.57 Å². The Bertz CT molecular complexity index is 483. The lowest BCUT2D eigenvalue weighted by atomic mass is 10.1. The first-order valence-corrected chi connectivity index (χ1v) is 7.15.